The van der Waals surface area contributed by atoms with Gasteiger partial charge in [-0.3, -0.25) is 4.90 Å². The van der Waals surface area contributed by atoms with Gasteiger partial charge in [0.15, 0.2) is 0 Å². The second-order valence-corrected chi connectivity index (χ2v) is 6.86. The van der Waals surface area contributed by atoms with Crippen LogP contribution in [-0.4, -0.2) is 24.0 Å². The zero-order valence-corrected chi connectivity index (χ0v) is 13.8. The quantitative estimate of drug-likeness (QED) is 0.929. The van der Waals surface area contributed by atoms with E-state index in [1.54, 1.807) is 0 Å². The minimum atomic E-state index is 0.235. The number of benzene rings is 2. The van der Waals surface area contributed by atoms with Gasteiger partial charge in [-0.25, -0.2) is 0 Å². The van der Waals surface area contributed by atoms with E-state index in [4.69, 9.17) is 17.3 Å². The van der Waals surface area contributed by atoms with Crippen molar-refractivity contribution in [2.75, 3.05) is 13.1 Å². The van der Waals surface area contributed by atoms with Crippen LogP contribution in [0.2, 0.25) is 5.02 Å². The Morgan fingerprint density at radius 3 is 2.64 bits per heavy atom. The molecule has 2 aromatic carbocycles. The first-order valence-electron chi connectivity index (χ1n) is 7.89. The van der Waals surface area contributed by atoms with Crippen LogP contribution in [0.3, 0.4) is 0 Å². The number of hydrogen-bond acceptors (Lipinski definition) is 2. The van der Waals surface area contributed by atoms with Gasteiger partial charge in [0.05, 0.1) is 0 Å². The predicted octanol–water partition coefficient (Wildman–Crippen LogP) is 3.97. The second-order valence-electron chi connectivity index (χ2n) is 6.43. The van der Waals surface area contributed by atoms with Crippen molar-refractivity contribution in [3.05, 3.63) is 70.2 Å². The van der Waals surface area contributed by atoms with Crippen molar-refractivity contribution < 1.29 is 0 Å². The molecule has 0 aromatic heterocycles. The summed E-state index contributed by atoms with van der Waals surface area (Å²) in [6.07, 6.45) is 1.06. The SMILES string of the molecule is Cc1ccc(C2CC(N)CN(Cc3cccc(Cl)c3)C2)cc1. The summed E-state index contributed by atoms with van der Waals surface area (Å²) < 4.78 is 0. The number of hydrogen-bond donors (Lipinski definition) is 1. The molecule has 1 saturated heterocycles. The van der Waals surface area contributed by atoms with E-state index in [0.717, 1.165) is 31.1 Å². The molecule has 3 heteroatoms. The van der Waals surface area contributed by atoms with Gasteiger partial charge in [0.25, 0.3) is 0 Å². The average Bonchev–Trinajstić information content (AvgIpc) is 2.47. The van der Waals surface area contributed by atoms with E-state index >= 15 is 0 Å². The number of likely N-dealkylation sites (tertiary alicyclic amines) is 1. The lowest BCUT2D eigenvalue weighted by molar-refractivity contribution is 0.181. The summed E-state index contributed by atoms with van der Waals surface area (Å²) in [6.45, 7) is 5.05. The maximum Gasteiger partial charge on any atom is 0.0409 e. The first-order valence-corrected chi connectivity index (χ1v) is 8.27. The van der Waals surface area contributed by atoms with Crippen LogP contribution < -0.4 is 5.73 Å². The van der Waals surface area contributed by atoms with Crippen LogP contribution in [0.1, 0.15) is 29.0 Å². The maximum absolute atomic E-state index is 6.30. The molecule has 0 amide bonds. The Balaban J connectivity index is 1.72. The lowest BCUT2D eigenvalue weighted by atomic mass is 9.88. The third-order valence-electron chi connectivity index (χ3n) is 4.40. The average molecular weight is 315 g/mol. The molecule has 0 radical (unpaired) electrons. The molecule has 1 aliphatic heterocycles. The van der Waals surface area contributed by atoms with Crippen LogP contribution in [0.15, 0.2) is 48.5 Å². The number of nitrogens with zero attached hydrogens (tertiary/aromatic N) is 1. The molecule has 2 unspecified atom stereocenters. The summed E-state index contributed by atoms with van der Waals surface area (Å²) in [5.74, 6) is 0.517. The Morgan fingerprint density at radius 2 is 1.91 bits per heavy atom. The highest BCUT2D eigenvalue weighted by Crippen LogP contribution is 2.27. The molecule has 1 fully saturated rings. The first kappa shape index (κ1) is 15.5. The summed E-state index contributed by atoms with van der Waals surface area (Å²) in [7, 11) is 0. The van der Waals surface area contributed by atoms with Gasteiger partial charge in [0.1, 0.15) is 0 Å². The molecular weight excluding hydrogens is 292 g/mol. The van der Waals surface area contributed by atoms with E-state index in [1.807, 2.05) is 18.2 Å². The smallest absolute Gasteiger partial charge is 0.0409 e. The zero-order chi connectivity index (χ0) is 15.5. The van der Waals surface area contributed by atoms with Gasteiger partial charge in [-0.15, -0.1) is 0 Å². The van der Waals surface area contributed by atoms with E-state index in [0.29, 0.717) is 5.92 Å². The van der Waals surface area contributed by atoms with Crippen molar-refractivity contribution in [1.29, 1.82) is 0 Å². The molecule has 2 aromatic rings. The molecule has 2 N–H and O–H groups in total. The van der Waals surface area contributed by atoms with Gasteiger partial charge in [-0.2, -0.15) is 0 Å². The Kier molecular flexibility index (Phi) is 4.82. The Hall–Kier alpha value is -1.35. The third kappa shape index (κ3) is 3.89. The van der Waals surface area contributed by atoms with E-state index in [-0.39, 0.29) is 6.04 Å². The van der Waals surface area contributed by atoms with Crippen molar-refractivity contribution in [3.8, 4) is 0 Å². The van der Waals surface area contributed by atoms with Gasteiger partial charge in [-0.05, 0) is 42.5 Å². The number of nitrogens with two attached hydrogens (primary N) is 1. The zero-order valence-electron chi connectivity index (χ0n) is 13.0. The minimum Gasteiger partial charge on any atom is -0.327 e. The van der Waals surface area contributed by atoms with Crippen molar-refractivity contribution in [1.82, 2.24) is 4.90 Å². The minimum absolute atomic E-state index is 0.235. The molecule has 1 heterocycles. The van der Waals surface area contributed by atoms with E-state index < -0.39 is 0 Å². The Bertz CT molecular complexity index is 624. The highest BCUT2D eigenvalue weighted by Gasteiger charge is 2.26. The molecule has 0 aliphatic carbocycles. The lowest BCUT2D eigenvalue weighted by Gasteiger charge is -2.36. The van der Waals surface area contributed by atoms with Crippen LogP contribution in [0.4, 0.5) is 0 Å². The van der Waals surface area contributed by atoms with E-state index in [1.165, 1.54) is 16.7 Å². The Morgan fingerprint density at radius 1 is 1.14 bits per heavy atom. The molecule has 2 nitrogen and oxygen atoms in total. The summed E-state index contributed by atoms with van der Waals surface area (Å²) in [5, 5.41) is 0.800. The molecule has 22 heavy (non-hydrogen) atoms. The molecule has 0 saturated carbocycles. The van der Waals surface area contributed by atoms with Gasteiger partial charge in [0.2, 0.25) is 0 Å². The normalized spacial score (nSPS) is 22.7. The summed E-state index contributed by atoms with van der Waals surface area (Å²) in [6, 6.07) is 17.2. The monoisotopic (exact) mass is 314 g/mol. The van der Waals surface area contributed by atoms with Crippen molar-refractivity contribution in [3.63, 3.8) is 0 Å². The summed E-state index contributed by atoms with van der Waals surface area (Å²) >= 11 is 6.09. The van der Waals surface area contributed by atoms with Crippen LogP contribution in [-0.2, 0) is 6.54 Å². The van der Waals surface area contributed by atoms with Crippen LogP contribution in [0.5, 0.6) is 0 Å². The second kappa shape index (κ2) is 6.82. The molecule has 0 spiro atoms. The molecule has 2 atom stereocenters. The van der Waals surface area contributed by atoms with Crippen molar-refractivity contribution >= 4 is 11.6 Å². The number of aryl methyl sites for hydroxylation is 1. The fourth-order valence-electron chi connectivity index (χ4n) is 3.34. The van der Waals surface area contributed by atoms with Crippen LogP contribution in [0, 0.1) is 6.92 Å². The van der Waals surface area contributed by atoms with Crippen LogP contribution in [0.25, 0.3) is 0 Å². The van der Waals surface area contributed by atoms with Crippen molar-refractivity contribution in [2.24, 2.45) is 5.73 Å². The summed E-state index contributed by atoms with van der Waals surface area (Å²) in [4.78, 5) is 2.45. The maximum atomic E-state index is 6.30. The third-order valence-corrected chi connectivity index (χ3v) is 4.64. The van der Waals surface area contributed by atoms with Gasteiger partial charge >= 0.3 is 0 Å². The molecule has 116 valence electrons. The molecule has 3 rings (SSSR count). The first-order chi connectivity index (χ1) is 10.6. The molecular formula is C19H23ClN2. The summed E-state index contributed by atoms with van der Waals surface area (Å²) in [5.41, 5.74) is 10.3. The fraction of sp³-hybridized carbons (Fsp3) is 0.368. The van der Waals surface area contributed by atoms with Gasteiger partial charge in [0, 0.05) is 30.7 Å². The number of rotatable bonds is 3. The standard InChI is InChI=1S/C19H23ClN2/c1-14-5-7-16(8-6-14)17-10-19(21)13-22(12-17)11-15-3-2-4-18(20)9-15/h2-9,17,19H,10-13,21H2,1H3. The van der Waals surface area contributed by atoms with Crippen LogP contribution >= 0.6 is 11.6 Å². The van der Waals surface area contributed by atoms with Gasteiger partial charge < -0.3 is 5.73 Å². The Labute approximate surface area is 137 Å². The largest absolute Gasteiger partial charge is 0.327 e. The van der Waals surface area contributed by atoms with Crippen molar-refractivity contribution in [2.45, 2.75) is 31.8 Å². The fourth-order valence-corrected chi connectivity index (χ4v) is 3.55. The van der Waals surface area contributed by atoms with E-state index in [9.17, 15) is 0 Å². The lowest BCUT2D eigenvalue weighted by Crippen LogP contribution is -2.45. The predicted molar refractivity (Wildman–Crippen MR) is 93.2 cm³/mol. The highest BCUT2D eigenvalue weighted by atomic mass is 35.5. The molecule has 1 aliphatic rings. The number of halogens is 1. The highest BCUT2D eigenvalue weighted by molar-refractivity contribution is 6.30. The topological polar surface area (TPSA) is 29.3 Å². The molecule has 0 bridgehead atoms. The van der Waals surface area contributed by atoms with Gasteiger partial charge in [-0.1, -0.05) is 53.6 Å². The number of piperidine rings is 1. The van der Waals surface area contributed by atoms with E-state index in [2.05, 4.69) is 42.2 Å².